The maximum Gasteiger partial charge on any atom is 0.220 e. The Bertz CT molecular complexity index is 1620. The molecule has 7 atom stereocenters. The van der Waals surface area contributed by atoms with Crippen LogP contribution in [0.2, 0.25) is 0 Å². The first kappa shape index (κ1) is 80.4. The summed E-state index contributed by atoms with van der Waals surface area (Å²) in [4.78, 5) is 13.1. The molecule has 0 aromatic rings. The maximum atomic E-state index is 13.1. The van der Waals surface area contributed by atoms with Crippen LogP contribution in [0.4, 0.5) is 0 Å². The SMILES string of the molecule is CC/C=C\C/C=C\C/C=C\C/C=C\CCCCCCCCCCCCCCCCCCCCCCC(=O)NC(COC1OC(CO)C(O)C(O)C1O)C(O)/C=C/CC/C=C/CC/C=C/CCCCCCCCCCCCCCCCCCCCC. The number of ether oxygens (including phenoxy) is 2. The number of amides is 1. The van der Waals surface area contributed by atoms with E-state index in [4.69, 9.17) is 9.47 Å². The van der Waals surface area contributed by atoms with E-state index in [1.54, 1.807) is 6.08 Å². The van der Waals surface area contributed by atoms with Crippen molar-refractivity contribution in [3.8, 4) is 0 Å². The molecule has 0 aliphatic carbocycles. The van der Waals surface area contributed by atoms with Gasteiger partial charge in [-0.05, 0) is 83.5 Å². The van der Waals surface area contributed by atoms with E-state index in [0.29, 0.717) is 6.42 Å². The first-order valence-electron chi connectivity index (χ1n) is 36.3. The summed E-state index contributed by atoms with van der Waals surface area (Å²) in [5, 5.41) is 54.8. The molecule has 9 nitrogen and oxygen atoms in total. The lowest BCUT2D eigenvalue weighted by molar-refractivity contribution is -0.302. The van der Waals surface area contributed by atoms with Crippen LogP contribution in [0, 0.1) is 0 Å². The Labute approximate surface area is 524 Å². The smallest absolute Gasteiger partial charge is 0.220 e. The average molecular weight is 1190 g/mol. The van der Waals surface area contributed by atoms with Gasteiger partial charge in [0.25, 0.3) is 0 Å². The summed E-state index contributed by atoms with van der Waals surface area (Å²) < 4.78 is 11.3. The Morgan fingerprint density at radius 1 is 0.412 bits per heavy atom. The molecular weight excluding hydrogens is 1050 g/mol. The van der Waals surface area contributed by atoms with E-state index in [1.807, 2.05) is 6.08 Å². The lowest BCUT2D eigenvalue weighted by atomic mass is 9.99. The van der Waals surface area contributed by atoms with Crippen molar-refractivity contribution >= 4 is 5.91 Å². The van der Waals surface area contributed by atoms with Gasteiger partial charge in [0, 0.05) is 6.42 Å². The van der Waals surface area contributed by atoms with Gasteiger partial charge >= 0.3 is 0 Å². The molecule has 494 valence electrons. The van der Waals surface area contributed by atoms with Gasteiger partial charge in [-0.3, -0.25) is 4.79 Å². The number of aliphatic hydroxyl groups excluding tert-OH is 5. The first-order valence-corrected chi connectivity index (χ1v) is 36.3. The molecule has 7 unspecified atom stereocenters. The fourth-order valence-corrected chi connectivity index (χ4v) is 11.3. The predicted molar refractivity (Wildman–Crippen MR) is 364 cm³/mol. The van der Waals surface area contributed by atoms with Crippen LogP contribution in [-0.4, -0.2) is 87.5 Å². The number of aliphatic hydroxyl groups is 5. The monoisotopic (exact) mass is 1190 g/mol. The molecule has 1 heterocycles. The van der Waals surface area contributed by atoms with E-state index in [1.165, 1.54) is 244 Å². The van der Waals surface area contributed by atoms with Crippen LogP contribution in [-0.2, 0) is 14.3 Å². The Morgan fingerprint density at radius 2 is 0.741 bits per heavy atom. The van der Waals surface area contributed by atoms with Crippen LogP contribution in [0.5, 0.6) is 0 Å². The molecule has 6 N–H and O–H groups in total. The van der Waals surface area contributed by atoms with E-state index < -0.39 is 49.5 Å². The fourth-order valence-electron chi connectivity index (χ4n) is 11.3. The van der Waals surface area contributed by atoms with Gasteiger partial charge in [0.05, 0.1) is 25.4 Å². The van der Waals surface area contributed by atoms with E-state index in [-0.39, 0.29) is 12.5 Å². The first-order chi connectivity index (χ1) is 41.8. The highest BCUT2D eigenvalue weighted by molar-refractivity contribution is 5.76. The van der Waals surface area contributed by atoms with E-state index >= 15 is 0 Å². The third-order valence-electron chi connectivity index (χ3n) is 16.9. The molecule has 9 heteroatoms. The second kappa shape index (κ2) is 64.4. The van der Waals surface area contributed by atoms with Gasteiger partial charge in [0.1, 0.15) is 24.4 Å². The van der Waals surface area contributed by atoms with E-state index in [2.05, 4.69) is 92.1 Å². The summed E-state index contributed by atoms with van der Waals surface area (Å²) in [6.45, 7) is 3.69. The summed E-state index contributed by atoms with van der Waals surface area (Å²) in [7, 11) is 0. The number of hydrogen-bond acceptors (Lipinski definition) is 8. The van der Waals surface area contributed by atoms with Crippen LogP contribution in [0.15, 0.2) is 85.1 Å². The molecule has 0 saturated carbocycles. The van der Waals surface area contributed by atoms with Gasteiger partial charge in [-0.15, -0.1) is 0 Å². The van der Waals surface area contributed by atoms with Gasteiger partial charge in [0.2, 0.25) is 5.91 Å². The number of hydrogen-bond donors (Lipinski definition) is 6. The maximum absolute atomic E-state index is 13.1. The molecule has 1 aliphatic rings. The number of unbranched alkanes of at least 4 members (excludes halogenated alkanes) is 41. The van der Waals surface area contributed by atoms with Crippen LogP contribution in [0.1, 0.15) is 335 Å². The molecule has 0 spiro atoms. The van der Waals surface area contributed by atoms with Gasteiger partial charge in [0.15, 0.2) is 6.29 Å². The molecule has 0 radical (unpaired) electrons. The van der Waals surface area contributed by atoms with Crippen LogP contribution in [0.25, 0.3) is 0 Å². The summed E-state index contributed by atoms with van der Waals surface area (Å²) in [5.74, 6) is -0.187. The lowest BCUT2D eigenvalue weighted by Crippen LogP contribution is -2.60. The van der Waals surface area contributed by atoms with Gasteiger partial charge in [-0.25, -0.2) is 0 Å². The third kappa shape index (κ3) is 53.0. The van der Waals surface area contributed by atoms with Gasteiger partial charge < -0.3 is 40.3 Å². The number of carbonyl (C=O) groups is 1. The van der Waals surface area contributed by atoms with Crippen LogP contribution < -0.4 is 5.32 Å². The van der Waals surface area contributed by atoms with Crippen molar-refractivity contribution in [1.82, 2.24) is 5.32 Å². The molecule has 0 aromatic heterocycles. The number of carbonyl (C=O) groups excluding carboxylic acids is 1. The van der Waals surface area contributed by atoms with E-state index in [0.717, 1.165) is 70.6 Å². The topological polar surface area (TPSA) is 149 Å². The van der Waals surface area contributed by atoms with Gasteiger partial charge in [-0.2, -0.15) is 0 Å². The van der Waals surface area contributed by atoms with Crippen molar-refractivity contribution in [3.05, 3.63) is 85.1 Å². The van der Waals surface area contributed by atoms with Crippen molar-refractivity contribution in [2.24, 2.45) is 0 Å². The van der Waals surface area contributed by atoms with Gasteiger partial charge in [-0.1, -0.05) is 330 Å². The minimum atomic E-state index is -1.58. The molecule has 0 bridgehead atoms. The highest BCUT2D eigenvalue weighted by Gasteiger charge is 2.44. The summed E-state index contributed by atoms with van der Waals surface area (Å²) in [6, 6.07) is -0.833. The van der Waals surface area contributed by atoms with Crippen LogP contribution in [0.3, 0.4) is 0 Å². The highest BCUT2D eigenvalue weighted by atomic mass is 16.7. The number of rotatable bonds is 63. The van der Waals surface area contributed by atoms with E-state index in [9.17, 15) is 30.3 Å². The largest absolute Gasteiger partial charge is 0.394 e. The molecule has 85 heavy (non-hydrogen) atoms. The number of nitrogens with one attached hydrogen (secondary N) is 1. The Morgan fingerprint density at radius 3 is 1.13 bits per heavy atom. The average Bonchev–Trinajstić information content (AvgIpc) is 3.68. The molecule has 1 fully saturated rings. The van der Waals surface area contributed by atoms with Crippen molar-refractivity contribution in [3.63, 3.8) is 0 Å². The van der Waals surface area contributed by atoms with Crippen molar-refractivity contribution in [2.45, 2.75) is 378 Å². The second-order valence-corrected chi connectivity index (χ2v) is 25.0. The van der Waals surface area contributed by atoms with Crippen molar-refractivity contribution < 1.29 is 39.8 Å². The Kier molecular flexibility index (Phi) is 60.9. The highest BCUT2D eigenvalue weighted by Crippen LogP contribution is 2.23. The molecular formula is C76H137NO8. The minimum Gasteiger partial charge on any atom is -0.394 e. The second-order valence-electron chi connectivity index (χ2n) is 25.0. The lowest BCUT2D eigenvalue weighted by Gasteiger charge is -2.40. The Balaban J connectivity index is 2.14. The quantitative estimate of drug-likeness (QED) is 0.0261. The zero-order valence-electron chi connectivity index (χ0n) is 55.4. The predicted octanol–water partition coefficient (Wildman–Crippen LogP) is 20.1. The molecule has 0 aromatic carbocycles. The standard InChI is InChI=1S/C76H137NO8/c1-3-5-7-9-11-13-15-17-19-21-23-25-27-29-31-33-34-35-36-38-40-42-44-46-48-50-52-54-56-58-60-62-64-66-72(80)77-69(68-84-76-75(83)74(82)73(81)71(67-78)85-76)70(79)65-63-61-59-57-55-53-51-49-47-45-43-41-39-37-32-30-28-26-24-22-20-18-16-14-12-10-8-6-4-2/h5,7,11,13,17,19,23,25,47,49,55,57,63,65,69-71,73-76,78-79,81-83H,3-4,6,8-10,12,14-16,18,20-22,24,26-46,48,50-54,56,58-62,64,66-68H2,1-2H3,(H,77,80)/b7-5-,13-11-,19-17-,25-23-,49-47+,57-55+,65-63+. The minimum absolute atomic E-state index is 0.187. The summed E-state index contributed by atoms with van der Waals surface area (Å²) >= 11 is 0. The molecule has 1 rings (SSSR count). The fraction of sp³-hybridized carbons (Fsp3) is 0.803. The Hall–Kier alpha value is -2.63. The zero-order chi connectivity index (χ0) is 61.4. The molecule has 1 saturated heterocycles. The normalized spacial score (nSPS) is 18.6. The summed E-state index contributed by atoms with van der Waals surface area (Å²) in [5.41, 5.74) is 0. The zero-order valence-corrected chi connectivity index (χ0v) is 55.4. The third-order valence-corrected chi connectivity index (χ3v) is 16.9. The summed E-state index contributed by atoms with van der Waals surface area (Å²) in [6.07, 6.45) is 85.6. The molecule has 1 amide bonds. The molecule has 1 aliphatic heterocycles. The van der Waals surface area contributed by atoms with Crippen LogP contribution >= 0.6 is 0 Å². The number of allylic oxidation sites excluding steroid dienone is 13. The van der Waals surface area contributed by atoms with Crippen molar-refractivity contribution in [2.75, 3.05) is 13.2 Å². The van der Waals surface area contributed by atoms with Crippen molar-refractivity contribution in [1.29, 1.82) is 0 Å².